The minimum atomic E-state index is -3.43. The molecule has 1 amide bonds. The first kappa shape index (κ1) is 20.8. The third kappa shape index (κ3) is 4.67. The minimum absolute atomic E-state index is 0.00910. The van der Waals surface area contributed by atoms with Gasteiger partial charge in [0.25, 0.3) is 10.2 Å². The summed E-state index contributed by atoms with van der Waals surface area (Å²) in [6.07, 6.45) is 7.71. The number of rotatable bonds is 6. The Kier molecular flexibility index (Phi) is 6.56. The average Bonchev–Trinajstić information content (AvgIpc) is 3.17. The van der Waals surface area contributed by atoms with Crippen LogP contribution in [0.4, 0.5) is 0 Å². The summed E-state index contributed by atoms with van der Waals surface area (Å²) >= 11 is 0. The molecule has 1 aliphatic carbocycles. The van der Waals surface area contributed by atoms with E-state index in [4.69, 9.17) is 0 Å². The zero-order valence-electron chi connectivity index (χ0n) is 17.2. The second kappa shape index (κ2) is 9.14. The third-order valence-electron chi connectivity index (χ3n) is 6.77. The Morgan fingerprint density at radius 2 is 1.76 bits per heavy atom. The largest absolute Gasteiger partial charge is 0.356 e. The fraction of sp³-hybridized carbons (Fsp3) is 0.682. The molecule has 2 fully saturated rings. The lowest BCUT2D eigenvalue weighted by Gasteiger charge is -2.36. The fourth-order valence-corrected chi connectivity index (χ4v) is 6.86. The zero-order valence-corrected chi connectivity index (χ0v) is 18.0. The summed E-state index contributed by atoms with van der Waals surface area (Å²) in [6.45, 7) is 2.72. The van der Waals surface area contributed by atoms with Crippen molar-refractivity contribution in [3.8, 4) is 0 Å². The maximum atomic E-state index is 12.9. The molecule has 1 aromatic rings. The van der Waals surface area contributed by atoms with Gasteiger partial charge in [0.2, 0.25) is 5.91 Å². The summed E-state index contributed by atoms with van der Waals surface area (Å²) in [6, 6.07) is 8.59. The number of nitrogens with zero attached hydrogens (tertiary/aromatic N) is 2. The van der Waals surface area contributed by atoms with Gasteiger partial charge in [-0.2, -0.15) is 17.0 Å². The van der Waals surface area contributed by atoms with E-state index in [1.54, 1.807) is 8.61 Å². The molecule has 29 heavy (non-hydrogen) atoms. The van der Waals surface area contributed by atoms with Crippen molar-refractivity contribution < 1.29 is 13.2 Å². The number of nitrogens with one attached hydrogen (secondary N) is 1. The highest BCUT2D eigenvalue weighted by Crippen LogP contribution is 2.34. The molecule has 3 aliphatic rings. The Hall–Kier alpha value is -1.44. The topological polar surface area (TPSA) is 69.7 Å². The minimum Gasteiger partial charge on any atom is -0.356 e. The Labute approximate surface area is 174 Å². The van der Waals surface area contributed by atoms with Crippen molar-refractivity contribution in [3.05, 3.63) is 35.4 Å². The molecule has 6 nitrogen and oxygen atoms in total. The second-order valence-electron chi connectivity index (χ2n) is 8.68. The van der Waals surface area contributed by atoms with Crippen LogP contribution < -0.4 is 5.32 Å². The number of carbonyl (C=O) groups is 1. The van der Waals surface area contributed by atoms with Crippen LogP contribution in [0.15, 0.2) is 24.3 Å². The molecular formula is C22H33N3O3S. The van der Waals surface area contributed by atoms with Crippen molar-refractivity contribution in [3.63, 3.8) is 0 Å². The monoisotopic (exact) mass is 419 g/mol. The van der Waals surface area contributed by atoms with E-state index in [9.17, 15) is 13.2 Å². The standard InChI is InChI=1S/C22H33N3O3S/c26-22(23-13-12-19-11-10-18-7-2-3-9-21(18)19)20-8-6-16-25(17-20)29(27,28)24-14-4-1-5-15-24/h2-3,7,9,19-20H,1,4-6,8,10-17H2,(H,23,26). The molecule has 4 rings (SSSR count). The Morgan fingerprint density at radius 1 is 1.00 bits per heavy atom. The number of hydrogen-bond donors (Lipinski definition) is 1. The van der Waals surface area contributed by atoms with Crippen molar-refractivity contribution in [2.24, 2.45) is 5.92 Å². The summed E-state index contributed by atoms with van der Waals surface area (Å²) in [7, 11) is -3.43. The molecule has 0 spiro atoms. The Bertz CT molecular complexity index is 820. The molecular weight excluding hydrogens is 386 g/mol. The molecule has 0 bridgehead atoms. The molecule has 160 valence electrons. The van der Waals surface area contributed by atoms with Gasteiger partial charge in [0.05, 0.1) is 5.92 Å². The van der Waals surface area contributed by atoms with Gasteiger partial charge in [-0.1, -0.05) is 30.7 Å². The lowest BCUT2D eigenvalue weighted by atomic mass is 9.96. The van der Waals surface area contributed by atoms with Crippen LogP contribution in [-0.2, 0) is 21.4 Å². The smallest absolute Gasteiger partial charge is 0.281 e. The highest BCUT2D eigenvalue weighted by Gasteiger charge is 2.36. The van der Waals surface area contributed by atoms with E-state index in [1.165, 1.54) is 11.1 Å². The quantitative estimate of drug-likeness (QED) is 0.771. The van der Waals surface area contributed by atoms with E-state index in [0.29, 0.717) is 38.6 Å². The normalized spacial score (nSPS) is 26.2. The molecule has 2 atom stereocenters. The van der Waals surface area contributed by atoms with Crippen LogP contribution in [0.25, 0.3) is 0 Å². The summed E-state index contributed by atoms with van der Waals surface area (Å²) in [5.74, 6) is 0.294. The van der Waals surface area contributed by atoms with E-state index in [-0.39, 0.29) is 11.8 Å². The molecule has 2 saturated heterocycles. The van der Waals surface area contributed by atoms with Gasteiger partial charge in [-0.25, -0.2) is 0 Å². The molecule has 1 N–H and O–H groups in total. The van der Waals surface area contributed by atoms with E-state index in [1.807, 2.05) is 0 Å². The Balaban J connectivity index is 1.28. The van der Waals surface area contributed by atoms with Gasteiger partial charge >= 0.3 is 0 Å². The number of amides is 1. The van der Waals surface area contributed by atoms with Gasteiger partial charge in [0.1, 0.15) is 0 Å². The lowest BCUT2D eigenvalue weighted by molar-refractivity contribution is -0.126. The van der Waals surface area contributed by atoms with Gasteiger partial charge < -0.3 is 5.32 Å². The highest BCUT2D eigenvalue weighted by atomic mass is 32.2. The predicted molar refractivity (Wildman–Crippen MR) is 114 cm³/mol. The number of aryl methyl sites for hydroxylation is 1. The maximum Gasteiger partial charge on any atom is 0.281 e. The van der Waals surface area contributed by atoms with Crippen LogP contribution in [0, 0.1) is 5.92 Å². The fourth-order valence-electron chi connectivity index (χ4n) is 5.08. The summed E-state index contributed by atoms with van der Waals surface area (Å²) < 4.78 is 29.0. The van der Waals surface area contributed by atoms with Crippen LogP contribution in [0.3, 0.4) is 0 Å². The first-order valence-electron chi connectivity index (χ1n) is 11.2. The zero-order chi connectivity index (χ0) is 20.3. The van der Waals surface area contributed by atoms with Gasteiger partial charge in [0, 0.05) is 32.7 Å². The molecule has 7 heteroatoms. The lowest BCUT2D eigenvalue weighted by Crippen LogP contribution is -2.51. The van der Waals surface area contributed by atoms with Crippen LogP contribution in [0.2, 0.25) is 0 Å². The van der Waals surface area contributed by atoms with Crippen molar-refractivity contribution in [2.75, 3.05) is 32.7 Å². The van der Waals surface area contributed by atoms with E-state index in [0.717, 1.165) is 51.4 Å². The maximum absolute atomic E-state index is 12.9. The Morgan fingerprint density at radius 3 is 2.59 bits per heavy atom. The number of hydrogen-bond acceptors (Lipinski definition) is 3. The van der Waals surface area contributed by atoms with Gasteiger partial charge in [-0.05, 0) is 62.0 Å². The number of fused-ring (bicyclic) bond motifs is 1. The number of benzene rings is 1. The van der Waals surface area contributed by atoms with Gasteiger partial charge in [-0.15, -0.1) is 0 Å². The van der Waals surface area contributed by atoms with Crippen LogP contribution in [-0.4, -0.2) is 55.7 Å². The van der Waals surface area contributed by atoms with Crippen LogP contribution in [0.5, 0.6) is 0 Å². The summed E-state index contributed by atoms with van der Waals surface area (Å²) in [4.78, 5) is 12.7. The number of carbonyl (C=O) groups excluding carboxylic acids is 1. The van der Waals surface area contributed by atoms with Gasteiger partial charge in [0.15, 0.2) is 0 Å². The second-order valence-corrected chi connectivity index (χ2v) is 10.6. The van der Waals surface area contributed by atoms with Crippen molar-refractivity contribution >= 4 is 16.1 Å². The predicted octanol–water partition coefficient (Wildman–Crippen LogP) is 2.67. The van der Waals surface area contributed by atoms with E-state index >= 15 is 0 Å². The SMILES string of the molecule is O=C(NCCC1CCc2ccccc21)C1CCCN(S(=O)(=O)N2CCCCC2)C1. The van der Waals surface area contributed by atoms with Gasteiger partial charge in [-0.3, -0.25) is 4.79 Å². The molecule has 0 saturated carbocycles. The number of piperidine rings is 2. The summed E-state index contributed by atoms with van der Waals surface area (Å²) in [5.41, 5.74) is 2.87. The molecule has 0 aromatic heterocycles. The van der Waals surface area contributed by atoms with Crippen LogP contribution >= 0.6 is 0 Å². The molecule has 2 aliphatic heterocycles. The van der Waals surface area contributed by atoms with Crippen molar-refractivity contribution in [1.29, 1.82) is 0 Å². The first-order chi connectivity index (χ1) is 14.1. The van der Waals surface area contributed by atoms with E-state index in [2.05, 4.69) is 29.6 Å². The molecule has 1 aromatic carbocycles. The molecule has 2 heterocycles. The van der Waals surface area contributed by atoms with Crippen molar-refractivity contribution in [2.45, 2.75) is 57.3 Å². The van der Waals surface area contributed by atoms with E-state index < -0.39 is 10.2 Å². The van der Waals surface area contributed by atoms with Crippen molar-refractivity contribution in [1.82, 2.24) is 13.9 Å². The summed E-state index contributed by atoms with van der Waals surface area (Å²) in [5, 5.41) is 3.09. The molecule has 0 radical (unpaired) electrons. The third-order valence-corrected chi connectivity index (χ3v) is 8.77. The first-order valence-corrected chi connectivity index (χ1v) is 12.6. The highest BCUT2D eigenvalue weighted by molar-refractivity contribution is 7.86. The average molecular weight is 420 g/mol. The van der Waals surface area contributed by atoms with Crippen LogP contribution in [0.1, 0.15) is 62.0 Å². The molecule has 2 unspecified atom stereocenters.